The largest absolute Gasteiger partial charge is 0.378 e. The lowest BCUT2D eigenvalue weighted by Gasteiger charge is -2.39. The number of fused-ring (bicyclic) bond motifs is 1. The van der Waals surface area contributed by atoms with Crippen molar-refractivity contribution in [3.05, 3.63) is 29.3 Å². The Morgan fingerprint density at radius 1 is 1.43 bits per heavy atom. The fraction of sp³-hybridized carbons (Fsp3) is 0.500. The van der Waals surface area contributed by atoms with Gasteiger partial charge in [0.05, 0.1) is 11.0 Å². The molecule has 1 aromatic rings. The van der Waals surface area contributed by atoms with Gasteiger partial charge in [-0.15, -0.1) is 0 Å². The van der Waals surface area contributed by atoms with E-state index in [1.807, 2.05) is 0 Å². The Bertz CT molecular complexity index is 686. The smallest absolute Gasteiger partial charge is 0.251 e. The number of aryl methyl sites for hydroxylation is 1. The van der Waals surface area contributed by atoms with Crippen LogP contribution < -0.4 is 10.5 Å². The topological polar surface area (TPSA) is 98.5 Å². The van der Waals surface area contributed by atoms with Gasteiger partial charge in [-0.25, -0.2) is 13.6 Å². The number of benzene rings is 1. The molecule has 3 atom stereocenters. The first kappa shape index (κ1) is 14.5. The molecule has 3 rings (SSSR count). The fourth-order valence-corrected chi connectivity index (χ4v) is 3.57. The van der Waals surface area contributed by atoms with Crippen LogP contribution in [-0.4, -0.2) is 33.1 Å². The molecule has 2 aliphatic rings. The molecule has 7 heteroatoms. The SMILES string of the molecule is Cc1ccc(S(N)(=O)=O)cc1C(=O)N[C@H]1C[C@@H]2OCC[C@H]12. The van der Waals surface area contributed by atoms with Gasteiger partial charge in [-0.05, 0) is 37.5 Å². The third kappa shape index (κ3) is 2.68. The summed E-state index contributed by atoms with van der Waals surface area (Å²) >= 11 is 0. The summed E-state index contributed by atoms with van der Waals surface area (Å²) in [6.07, 6.45) is 2.06. The summed E-state index contributed by atoms with van der Waals surface area (Å²) in [6, 6.07) is 4.45. The average molecular weight is 310 g/mol. The predicted octanol–water partition coefficient (Wildman–Crippen LogP) is 0.550. The second kappa shape index (κ2) is 5.08. The molecule has 21 heavy (non-hydrogen) atoms. The molecule has 6 nitrogen and oxygen atoms in total. The average Bonchev–Trinajstić information content (AvgIpc) is 2.76. The van der Waals surface area contributed by atoms with Crippen LogP contribution in [0, 0.1) is 12.8 Å². The van der Waals surface area contributed by atoms with Crippen molar-refractivity contribution in [3.8, 4) is 0 Å². The van der Waals surface area contributed by atoms with E-state index in [4.69, 9.17) is 9.88 Å². The van der Waals surface area contributed by atoms with Gasteiger partial charge >= 0.3 is 0 Å². The Kier molecular flexibility index (Phi) is 3.51. The van der Waals surface area contributed by atoms with Gasteiger partial charge in [0, 0.05) is 24.1 Å². The summed E-state index contributed by atoms with van der Waals surface area (Å²) in [7, 11) is -3.81. The van der Waals surface area contributed by atoms with Crippen LogP contribution in [0.1, 0.15) is 28.8 Å². The zero-order chi connectivity index (χ0) is 15.2. The lowest BCUT2D eigenvalue weighted by atomic mass is 9.76. The maximum atomic E-state index is 12.3. The quantitative estimate of drug-likeness (QED) is 0.851. The minimum absolute atomic E-state index is 0.0473. The number of nitrogens with two attached hydrogens (primary N) is 1. The molecule has 1 saturated carbocycles. The molecule has 1 aromatic carbocycles. The highest BCUT2D eigenvalue weighted by Gasteiger charge is 2.45. The Morgan fingerprint density at radius 3 is 2.86 bits per heavy atom. The zero-order valence-electron chi connectivity index (χ0n) is 11.7. The minimum Gasteiger partial charge on any atom is -0.378 e. The van der Waals surface area contributed by atoms with Crippen LogP contribution in [-0.2, 0) is 14.8 Å². The number of nitrogens with one attached hydrogen (secondary N) is 1. The molecule has 1 heterocycles. The highest BCUT2D eigenvalue weighted by atomic mass is 32.2. The number of rotatable bonds is 3. The van der Waals surface area contributed by atoms with E-state index in [-0.39, 0.29) is 22.9 Å². The first-order chi connectivity index (χ1) is 9.86. The van der Waals surface area contributed by atoms with Gasteiger partial charge < -0.3 is 10.1 Å². The number of hydrogen-bond acceptors (Lipinski definition) is 4. The lowest BCUT2D eigenvalue weighted by molar-refractivity contribution is 0.00809. The van der Waals surface area contributed by atoms with Crippen molar-refractivity contribution >= 4 is 15.9 Å². The van der Waals surface area contributed by atoms with E-state index in [9.17, 15) is 13.2 Å². The molecule has 0 spiro atoms. The Labute approximate surface area is 123 Å². The first-order valence-corrected chi connectivity index (χ1v) is 8.47. The molecule has 1 aliphatic heterocycles. The highest BCUT2D eigenvalue weighted by Crippen LogP contribution is 2.38. The highest BCUT2D eigenvalue weighted by molar-refractivity contribution is 7.89. The predicted molar refractivity (Wildman–Crippen MR) is 76.3 cm³/mol. The van der Waals surface area contributed by atoms with Gasteiger partial charge in [0.25, 0.3) is 5.91 Å². The number of sulfonamides is 1. The van der Waals surface area contributed by atoms with Crippen molar-refractivity contribution in [1.82, 2.24) is 5.32 Å². The monoisotopic (exact) mass is 310 g/mol. The Hall–Kier alpha value is -1.44. The number of carbonyl (C=O) groups is 1. The van der Waals surface area contributed by atoms with Crippen molar-refractivity contribution < 1.29 is 17.9 Å². The second-order valence-electron chi connectivity index (χ2n) is 5.70. The van der Waals surface area contributed by atoms with Crippen molar-refractivity contribution in [1.29, 1.82) is 0 Å². The molecule has 1 saturated heterocycles. The molecule has 0 aromatic heterocycles. The third-order valence-corrected chi connectivity index (χ3v) is 5.27. The Morgan fingerprint density at radius 2 is 2.19 bits per heavy atom. The van der Waals surface area contributed by atoms with Crippen molar-refractivity contribution in [3.63, 3.8) is 0 Å². The van der Waals surface area contributed by atoms with E-state index >= 15 is 0 Å². The number of ether oxygens (including phenoxy) is 1. The van der Waals surface area contributed by atoms with Crippen LogP contribution in [0.2, 0.25) is 0 Å². The minimum atomic E-state index is -3.81. The van der Waals surface area contributed by atoms with E-state index < -0.39 is 10.0 Å². The maximum absolute atomic E-state index is 12.3. The lowest BCUT2D eigenvalue weighted by Crippen LogP contribution is -2.53. The van der Waals surface area contributed by atoms with Gasteiger partial charge in [-0.3, -0.25) is 4.79 Å². The van der Waals surface area contributed by atoms with Crippen LogP contribution in [0.4, 0.5) is 0 Å². The molecule has 1 aliphatic carbocycles. The molecule has 0 radical (unpaired) electrons. The van der Waals surface area contributed by atoms with Gasteiger partial charge in [-0.1, -0.05) is 6.07 Å². The van der Waals surface area contributed by atoms with E-state index in [1.54, 1.807) is 13.0 Å². The Balaban J connectivity index is 1.78. The number of primary sulfonamides is 1. The normalized spacial score (nSPS) is 27.8. The van der Waals surface area contributed by atoms with Gasteiger partial charge in [-0.2, -0.15) is 0 Å². The summed E-state index contributed by atoms with van der Waals surface area (Å²) in [5.41, 5.74) is 1.07. The molecule has 1 amide bonds. The summed E-state index contributed by atoms with van der Waals surface area (Å²) in [5, 5.41) is 8.08. The van der Waals surface area contributed by atoms with Crippen molar-refractivity contribution in [2.24, 2.45) is 11.1 Å². The number of hydrogen-bond donors (Lipinski definition) is 2. The summed E-state index contributed by atoms with van der Waals surface area (Å²) in [6.45, 7) is 2.52. The molecule has 0 unspecified atom stereocenters. The second-order valence-corrected chi connectivity index (χ2v) is 7.26. The number of carbonyl (C=O) groups excluding carboxylic acids is 1. The van der Waals surface area contributed by atoms with Crippen LogP contribution in [0.15, 0.2) is 23.1 Å². The van der Waals surface area contributed by atoms with Crippen LogP contribution >= 0.6 is 0 Å². The van der Waals surface area contributed by atoms with Gasteiger partial charge in [0.15, 0.2) is 0 Å². The third-order valence-electron chi connectivity index (χ3n) is 4.36. The first-order valence-electron chi connectivity index (χ1n) is 6.92. The molecular formula is C14H18N2O4S. The van der Waals surface area contributed by atoms with Crippen LogP contribution in [0.3, 0.4) is 0 Å². The molecule has 2 fully saturated rings. The molecular weight excluding hydrogens is 292 g/mol. The summed E-state index contributed by atoms with van der Waals surface area (Å²) < 4.78 is 28.3. The number of amides is 1. The van der Waals surface area contributed by atoms with Crippen molar-refractivity contribution in [2.45, 2.75) is 36.8 Å². The molecule has 3 N–H and O–H groups in total. The fourth-order valence-electron chi connectivity index (χ4n) is 3.03. The molecule has 0 bridgehead atoms. The molecule has 114 valence electrons. The van der Waals surface area contributed by atoms with Crippen molar-refractivity contribution in [2.75, 3.05) is 6.61 Å². The summed E-state index contributed by atoms with van der Waals surface area (Å²) in [4.78, 5) is 12.3. The standard InChI is InChI=1S/C14H18N2O4S/c1-8-2-3-9(21(15,18)19)6-11(8)14(17)16-12-7-13-10(12)4-5-20-13/h2-3,6,10,12-13H,4-5,7H2,1H3,(H,16,17)(H2,15,18,19)/t10-,12+,13+/m1/s1. The van der Waals surface area contributed by atoms with Crippen LogP contribution in [0.5, 0.6) is 0 Å². The van der Waals surface area contributed by atoms with E-state index in [0.29, 0.717) is 11.5 Å². The van der Waals surface area contributed by atoms with Gasteiger partial charge in [0.2, 0.25) is 10.0 Å². The van der Waals surface area contributed by atoms with Gasteiger partial charge in [0.1, 0.15) is 0 Å². The zero-order valence-corrected chi connectivity index (χ0v) is 12.5. The van der Waals surface area contributed by atoms with E-state index in [0.717, 1.165) is 25.0 Å². The van der Waals surface area contributed by atoms with E-state index in [1.165, 1.54) is 12.1 Å². The summed E-state index contributed by atoms with van der Waals surface area (Å²) in [5.74, 6) is 0.129. The van der Waals surface area contributed by atoms with E-state index in [2.05, 4.69) is 5.32 Å². The van der Waals surface area contributed by atoms with Crippen LogP contribution in [0.25, 0.3) is 0 Å². The maximum Gasteiger partial charge on any atom is 0.251 e.